The van der Waals surface area contributed by atoms with Crippen molar-refractivity contribution in [3.63, 3.8) is 0 Å². The van der Waals surface area contributed by atoms with Crippen LogP contribution in [0.4, 0.5) is 8.78 Å². The standard InChI is InChI=1S/C14H17F2NO3/c15-10-6-5-7-11(16)13(10)14(20)17-9-4-2-1-3-8-12(18)19/h5-7H,1-4,8-9H2,(H,17,20)(H,18,19). The fraction of sp³-hybridized carbons (Fsp3) is 0.429. The Morgan fingerprint density at radius 3 is 2.25 bits per heavy atom. The molecule has 1 aromatic rings. The quantitative estimate of drug-likeness (QED) is 0.722. The number of carboxylic acid groups (broad SMARTS) is 1. The van der Waals surface area contributed by atoms with Gasteiger partial charge in [0.2, 0.25) is 0 Å². The highest BCUT2D eigenvalue weighted by atomic mass is 19.1. The summed E-state index contributed by atoms with van der Waals surface area (Å²) in [5, 5.41) is 10.9. The molecule has 0 atom stereocenters. The SMILES string of the molecule is O=C(O)CCCCCCNC(=O)c1c(F)cccc1F. The molecule has 1 aromatic carbocycles. The fourth-order valence-electron chi connectivity index (χ4n) is 1.76. The summed E-state index contributed by atoms with van der Waals surface area (Å²) in [7, 11) is 0. The van der Waals surface area contributed by atoms with Crippen LogP contribution in [0.3, 0.4) is 0 Å². The first-order valence-corrected chi connectivity index (χ1v) is 6.46. The lowest BCUT2D eigenvalue weighted by Gasteiger charge is -2.06. The van der Waals surface area contributed by atoms with E-state index in [-0.39, 0.29) is 6.42 Å². The first-order valence-electron chi connectivity index (χ1n) is 6.46. The van der Waals surface area contributed by atoms with Gasteiger partial charge in [-0.1, -0.05) is 18.9 Å². The van der Waals surface area contributed by atoms with E-state index >= 15 is 0 Å². The summed E-state index contributed by atoms with van der Waals surface area (Å²) in [4.78, 5) is 21.9. The van der Waals surface area contributed by atoms with E-state index in [1.54, 1.807) is 0 Å². The van der Waals surface area contributed by atoms with Crippen LogP contribution in [0.2, 0.25) is 0 Å². The Labute approximate surface area is 115 Å². The van der Waals surface area contributed by atoms with Crippen molar-refractivity contribution in [2.24, 2.45) is 0 Å². The van der Waals surface area contributed by atoms with Crippen LogP contribution in [-0.2, 0) is 4.79 Å². The summed E-state index contributed by atoms with van der Waals surface area (Å²) >= 11 is 0. The number of halogens is 2. The molecular formula is C14H17F2NO3. The molecule has 0 aliphatic carbocycles. The lowest BCUT2D eigenvalue weighted by atomic mass is 10.1. The number of hydrogen-bond acceptors (Lipinski definition) is 2. The largest absolute Gasteiger partial charge is 0.481 e. The summed E-state index contributed by atoms with van der Waals surface area (Å²) in [5.41, 5.74) is -0.571. The molecule has 1 rings (SSSR count). The second kappa shape index (κ2) is 8.24. The van der Waals surface area contributed by atoms with Crippen LogP contribution >= 0.6 is 0 Å². The number of amides is 1. The smallest absolute Gasteiger partial charge is 0.303 e. The molecule has 0 heterocycles. The van der Waals surface area contributed by atoms with Crippen LogP contribution in [0, 0.1) is 11.6 Å². The van der Waals surface area contributed by atoms with Crippen LogP contribution in [0.25, 0.3) is 0 Å². The van der Waals surface area contributed by atoms with E-state index in [0.717, 1.165) is 25.0 Å². The van der Waals surface area contributed by atoms with Crippen LogP contribution in [-0.4, -0.2) is 23.5 Å². The van der Waals surface area contributed by atoms with Crippen LogP contribution in [0.1, 0.15) is 42.5 Å². The van der Waals surface area contributed by atoms with Crippen LogP contribution in [0.15, 0.2) is 18.2 Å². The molecule has 20 heavy (non-hydrogen) atoms. The third-order valence-corrected chi connectivity index (χ3v) is 2.79. The Kier molecular flexibility index (Phi) is 6.63. The van der Waals surface area contributed by atoms with Gasteiger partial charge in [0.1, 0.15) is 17.2 Å². The summed E-state index contributed by atoms with van der Waals surface area (Å²) in [6, 6.07) is 3.26. The predicted octanol–water partition coefficient (Wildman–Crippen LogP) is 2.73. The van der Waals surface area contributed by atoms with Gasteiger partial charge in [0, 0.05) is 13.0 Å². The molecule has 0 aromatic heterocycles. The van der Waals surface area contributed by atoms with Gasteiger partial charge in [0.05, 0.1) is 0 Å². The zero-order valence-corrected chi connectivity index (χ0v) is 11.0. The first kappa shape index (κ1) is 16.1. The van der Waals surface area contributed by atoms with Gasteiger partial charge in [0.15, 0.2) is 0 Å². The van der Waals surface area contributed by atoms with E-state index < -0.39 is 29.1 Å². The Balaban J connectivity index is 2.25. The molecule has 0 unspecified atom stereocenters. The Morgan fingerprint density at radius 2 is 1.65 bits per heavy atom. The van der Waals surface area contributed by atoms with Crippen molar-refractivity contribution < 1.29 is 23.5 Å². The monoisotopic (exact) mass is 285 g/mol. The number of carbonyl (C=O) groups excluding carboxylic acids is 1. The molecule has 0 spiro atoms. The Morgan fingerprint density at radius 1 is 1.05 bits per heavy atom. The zero-order chi connectivity index (χ0) is 15.0. The number of unbranched alkanes of at least 4 members (excludes halogenated alkanes) is 3. The van der Waals surface area contributed by atoms with Crippen molar-refractivity contribution >= 4 is 11.9 Å². The van der Waals surface area contributed by atoms with E-state index in [4.69, 9.17) is 5.11 Å². The normalized spacial score (nSPS) is 10.3. The van der Waals surface area contributed by atoms with E-state index in [9.17, 15) is 18.4 Å². The second-order valence-corrected chi connectivity index (χ2v) is 4.41. The average Bonchev–Trinajstić information content (AvgIpc) is 2.37. The third-order valence-electron chi connectivity index (χ3n) is 2.79. The van der Waals surface area contributed by atoms with Gasteiger partial charge in [-0.05, 0) is 25.0 Å². The van der Waals surface area contributed by atoms with Gasteiger partial charge in [-0.2, -0.15) is 0 Å². The van der Waals surface area contributed by atoms with E-state index in [1.807, 2.05) is 0 Å². The second-order valence-electron chi connectivity index (χ2n) is 4.41. The molecule has 0 radical (unpaired) electrons. The highest BCUT2D eigenvalue weighted by molar-refractivity contribution is 5.94. The number of rotatable bonds is 8. The third kappa shape index (κ3) is 5.34. The average molecular weight is 285 g/mol. The van der Waals surface area contributed by atoms with Gasteiger partial charge in [0.25, 0.3) is 5.91 Å². The maximum atomic E-state index is 13.3. The molecule has 0 saturated carbocycles. The lowest BCUT2D eigenvalue weighted by molar-refractivity contribution is -0.137. The number of aliphatic carboxylic acids is 1. The maximum Gasteiger partial charge on any atom is 0.303 e. The highest BCUT2D eigenvalue weighted by Crippen LogP contribution is 2.11. The summed E-state index contributed by atoms with van der Waals surface area (Å²) < 4.78 is 26.6. The molecular weight excluding hydrogens is 268 g/mol. The fourth-order valence-corrected chi connectivity index (χ4v) is 1.76. The van der Waals surface area contributed by atoms with Crippen LogP contribution < -0.4 is 5.32 Å². The van der Waals surface area contributed by atoms with Crippen LogP contribution in [0.5, 0.6) is 0 Å². The minimum absolute atomic E-state index is 0.132. The van der Waals surface area contributed by atoms with E-state index in [0.29, 0.717) is 19.4 Å². The summed E-state index contributed by atoms with van der Waals surface area (Å²) in [6.07, 6.45) is 2.86. The number of nitrogens with one attached hydrogen (secondary N) is 1. The molecule has 2 N–H and O–H groups in total. The van der Waals surface area contributed by atoms with Crippen molar-refractivity contribution in [3.8, 4) is 0 Å². The van der Waals surface area contributed by atoms with Gasteiger partial charge < -0.3 is 10.4 Å². The van der Waals surface area contributed by atoms with E-state index in [1.165, 1.54) is 6.07 Å². The summed E-state index contributed by atoms with van der Waals surface area (Å²) in [6.45, 7) is 0.305. The van der Waals surface area contributed by atoms with Crippen molar-refractivity contribution in [3.05, 3.63) is 35.4 Å². The van der Waals surface area contributed by atoms with Crippen molar-refractivity contribution in [2.45, 2.75) is 32.1 Å². The van der Waals surface area contributed by atoms with Crippen molar-refractivity contribution in [1.29, 1.82) is 0 Å². The lowest BCUT2D eigenvalue weighted by Crippen LogP contribution is -2.26. The number of benzene rings is 1. The molecule has 0 saturated heterocycles. The number of carboxylic acids is 1. The maximum absolute atomic E-state index is 13.3. The van der Waals surface area contributed by atoms with Gasteiger partial charge >= 0.3 is 5.97 Å². The molecule has 6 heteroatoms. The summed E-state index contributed by atoms with van der Waals surface area (Å²) in [5.74, 6) is -3.37. The Bertz CT molecular complexity index is 457. The predicted molar refractivity (Wildman–Crippen MR) is 69.4 cm³/mol. The molecule has 0 bridgehead atoms. The zero-order valence-electron chi connectivity index (χ0n) is 11.0. The number of carbonyl (C=O) groups is 2. The van der Waals surface area contributed by atoms with Gasteiger partial charge in [-0.15, -0.1) is 0 Å². The molecule has 4 nitrogen and oxygen atoms in total. The Hall–Kier alpha value is -1.98. The molecule has 0 aliphatic rings. The molecule has 0 fully saturated rings. The molecule has 0 aliphatic heterocycles. The number of hydrogen-bond donors (Lipinski definition) is 2. The van der Waals surface area contributed by atoms with Gasteiger partial charge in [-0.3, -0.25) is 9.59 Å². The van der Waals surface area contributed by atoms with Gasteiger partial charge in [-0.25, -0.2) is 8.78 Å². The molecule has 110 valence electrons. The van der Waals surface area contributed by atoms with E-state index in [2.05, 4.69) is 5.32 Å². The first-order chi connectivity index (χ1) is 9.52. The molecule has 1 amide bonds. The van der Waals surface area contributed by atoms with Crippen molar-refractivity contribution in [2.75, 3.05) is 6.54 Å². The van der Waals surface area contributed by atoms with Crippen molar-refractivity contribution in [1.82, 2.24) is 5.32 Å². The topological polar surface area (TPSA) is 66.4 Å². The minimum Gasteiger partial charge on any atom is -0.481 e. The highest BCUT2D eigenvalue weighted by Gasteiger charge is 2.15. The minimum atomic E-state index is -0.885.